The molecule has 0 bridgehead atoms. The molecule has 0 unspecified atom stereocenters. The molecule has 8 heteroatoms. The minimum atomic E-state index is -0.722. The molecule has 0 saturated carbocycles. The summed E-state index contributed by atoms with van der Waals surface area (Å²) in [5.41, 5.74) is 1.25. The highest BCUT2D eigenvalue weighted by molar-refractivity contribution is 7.99. The van der Waals surface area contributed by atoms with Crippen molar-refractivity contribution >= 4 is 33.6 Å². The lowest BCUT2D eigenvalue weighted by Crippen LogP contribution is -2.22. The molecule has 0 radical (unpaired) electrons. The summed E-state index contributed by atoms with van der Waals surface area (Å²) in [5, 5.41) is 11.7. The molecule has 0 spiro atoms. The second kappa shape index (κ2) is 8.25. The van der Waals surface area contributed by atoms with E-state index in [0.717, 1.165) is 27.8 Å². The first-order valence-electron chi connectivity index (χ1n) is 10.9. The summed E-state index contributed by atoms with van der Waals surface area (Å²) in [6.45, 7) is 2.25. The van der Waals surface area contributed by atoms with Gasteiger partial charge in [0.15, 0.2) is 22.8 Å². The second-order valence-corrected chi connectivity index (χ2v) is 9.37. The summed E-state index contributed by atoms with van der Waals surface area (Å²) >= 11 is 1.06. The Kier molecular flexibility index (Phi) is 5.04. The quantitative estimate of drug-likeness (QED) is 0.356. The van der Waals surface area contributed by atoms with Crippen LogP contribution in [0.25, 0.3) is 21.9 Å². The Morgan fingerprint density at radius 2 is 1.74 bits per heavy atom. The lowest BCUT2D eigenvalue weighted by Gasteiger charge is -2.15. The number of aryl methyl sites for hydroxylation is 1. The molecule has 1 N–H and O–H groups in total. The molecule has 7 nitrogen and oxygen atoms in total. The van der Waals surface area contributed by atoms with Gasteiger partial charge in [-0.25, -0.2) is 4.79 Å². The number of ether oxygens (including phenoxy) is 2. The number of fused-ring (bicyclic) bond motifs is 4. The third-order valence-electron chi connectivity index (χ3n) is 5.94. The highest BCUT2D eigenvalue weighted by Gasteiger charge is 2.25. The van der Waals surface area contributed by atoms with Gasteiger partial charge >= 0.3 is 5.63 Å². The van der Waals surface area contributed by atoms with Gasteiger partial charge in [0, 0.05) is 16.3 Å². The van der Waals surface area contributed by atoms with Gasteiger partial charge in [-0.15, -0.1) is 0 Å². The van der Waals surface area contributed by atoms with E-state index in [-0.39, 0.29) is 29.2 Å². The number of aromatic hydroxyl groups is 1. The molecule has 0 aliphatic carbocycles. The minimum Gasteiger partial charge on any atom is -0.505 e. The Morgan fingerprint density at radius 3 is 2.51 bits per heavy atom. The predicted octanol–water partition coefficient (Wildman–Crippen LogP) is 5.05. The smallest absolute Gasteiger partial charge is 0.354 e. The van der Waals surface area contributed by atoms with Gasteiger partial charge in [0.2, 0.25) is 6.79 Å². The third-order valence-corrected chi connectivity index (χ3v) is 6.99. The molecule has 0 amide bonds. The first-order valence-corrected chi connectivity index (χ1v) is 11.8. The van der Waals surface area contributed by atoms with Crippen molar-refractivity contribution in [2.45, 2.75) is 23.3 Å². The highest BCUT2D eigenvalue weighted by atomic mass is 32.2. The van der Waals surface area contributed by atoms with Crippen LogP contribution in [-0.2, 0) is 6.54 Å². The molecule has 1 aliphatic rings. The van der Waals surface area contributed by atoms with Crippen LogP contribution in [-0.4, -0.2) is 16.5 Å². The van der Waals surface area contributed by atoms with Gasteiger partial charge in [-0.2, -0.15) is 0 Å². The molecular weight excluding hydrogens is 466 g/mol. The SMILES string of the molecule is Cc1cccc(Sc2c(O)c3c(=O)n(Cc4ccccc4)c4cc5c(cc4c3oc2=O)OCO5)c1. The van der Waals surface area contributed by atoms with E-state index in [1.54, 1.807) is 16.7 Å². The maximum Gasteiger partial charge on any atom is 0.354 e. The topological polar surface area (TPSA) is 90.9 Å². The predicted molar refractivity (Wildman–Crippen MR) is 133 cm³/mol. The molecule has 174 valence electrons. The van der Waals surface area contributed by atoms with Crippen molar-refractivity contribution in [1.29, 1.82) is 0 Å². The number of pyridine rings is 1. The third kappa shape index (κ3) is 3.63. The fourth-order valence-electron chi connectivity index (χ4n) is 4.29. The van der Waals surface area contributed by atoms with Crippen LogP contribution in [0.4, 0.5) is 0 Å². The normalized spacial score (nSPS) is 12.5. The number of nitrogens with zero attached hydrogens (tertiary/aromatic N) is 1. The van der Waals surface area contributed by atoms with Gasteiger partial charge < -0.3 is 23.6 Å². The molecular formula is C27H19NO6S. The number of rotatable bonds is 4. The molecule has 35 heavy (non-hydrogen) atoms. The zero-order valence-corrected chi connectivity index (χ0v) is 19.4. The van der Waals surface area contributed by atoms with Crippen LogP contribution in [0.5, 0.6) is 17.2 Å². The lowest BCUT2D eigenvalue weighted by atomic mass is 10.1. The number of hydrogen-bond donors (Lipinski definition) is 1. The summed E-state index contributed by atoms with van der Waals surface area (Å²) in [6.07, 6.45) is 0. The second-order valence-electron chi connectivity index (χ2n) is 8.29. The van der Waals surface area contributed by atoms with Crippen LogP contribution >= 0.6 is 11.8 Å². The Balaban J connectivity index is 1.65. The van der Waals surface area contributed by atoms with Crippen LogP contribution < -0.4 is 20.7 Å². The van der Waals surface area contributed by atoms with Crippen LogP contribution in [0.3, 0.4) is 0 Å². The van der Waals surface area contributed by atoms with Crippen molar-refractivity contribution in [1.82, 2.24) is 4.57 Å². The largest absolute Gasteiger partial charge is 0.505 e. The van der Waals surface area contributed by atoms with Gasteiger partial charge in [-0.05, 0) is 30.7 Å². The van der Waals surface area contributed by atoms with E-state index in [4.69, 9.17) is 13.9 Å². The van der Waals surface area contributed by atoms with Gasteiger partial charge in [-0.3, -0.25) is 4.79 Å². The molecule has 6 rings (SSSR count). The number of aromatic nitrogens is 1. The Hall–Kier alpha value is -4.17. The fraction of sp³-hybridized carbons (Fsp3) is 0.111. The lowest BCUT2D eigenvalue weighted by molar-refractivity contribution is 0.174. The van der Waals surface area contributed by atoms with Crippen molar-refractivity contribution in [3.05, 3.63) is 98.6 Å². The van der Waals surface area contributed by atoms with Crippen LogP contribution in [0, 0.1) is 6.92 Å². The number of benzene rings is 3. The monoisotopic (exact) mass is 485 g/mol. The Labute approximate surface area is 203 Å². The average Bonchev–Trinajstić information content (AvgIpc) is 3.31. The fourth-order valence-corrected chi connectivity index (χ4v) is 5.24. The summed E-state index contributed by atoms with van der Waals surface area (Å²) in [5.74, 6) is 0.578. The maximum atomic E-state index is 13.8. The molecule has 0 fully saturated rings. The number of hydrogen-bond acceptors (Lipinski definition) is 7. The van der Waals surface area contributed by atoms with Gasteiger partial charge in [0.25, 0.3) is 5.56 Å². The summed E-state index contributed by atoms with van der Waals surface area (Å²) < 4.78 is 18.3. The van der Waals surface area contributed by atoms with Gasteiger partial charge in [0.05, 0.1) is 12.1 Å². The Bertz CT molecular complexity index is 1740. The van der Waals surface area contributed by atoms with Crippen LogP contribution in [0.15, 0.2) is 90.5 Å². The van der Waals surface area contributed by atoms with Crippen molar-refractivity contribution in [3.8, 4) is 17.2 Å². The molecule has 0 saturated heterocycles. The average molecular weight is 486 g/mol. The van der Waals surface area contributed by atoms with E-state index in [9.17, 15) is 14.7 Å². The van der Waals surface area contributed by atoms with E-state index in [1.165, 1.54) is 0 Å². The van der Waals surface area contributed by atoms with Crippen LogP contribution in [0.1, 0.15) is 11.1 Å². The van der Waals surface area contributed by atoms with Crippen molar-refractivity contribution in [2.24, 2.45) is 0 Å². The standard InChI is InChI=1S/C27H19NO6S/c1-15-6-5-9-17(10-15)35-25-23(29)22-24(34-27(25)31)18-11-20-21(33-14-32-20)12-19(18)28(26(22)30)13-16-7-3-2-4-8-16/h2-12,29H,13-14H2,1H3. The summed E-state index contributed by atoms with van der Waals surface area (Å²) in [6, 6.07) is 20.4. The molecule has 3 aromatic carbocycles. The highest BCUT2D eigenvalue weighted by Crippen LogP contribution is 2.41. The van der Waals surface area contributed by atoms with Crippen LogP contribution in [0.2, 0.25) is 0 Å². The molecule has 1 aliphatic heterocycles. The molecule has 0 atom stereocenters. The molecule has 3 heterocycles. The van der Waals surface area contributed by atoms with E-state index >= 15 is 0 Å². The summed E-state index contributed by atoms with van der Waals surface area (Å²) in [4.78, 5) is 27.5. The zero-order valence-electron chi connectivity index (χ0n) is 18.6. The minimum absolute atomic E-state index is 0.0173. The summed E-state index contributed by atoms with van der Waals surface area (Å²) in [7, 11) is 0. The van der Waals surface area contributed by atoms with Gasteiger partial charge in [-0.1, -0.05) is 59.8 Å². The first kappa shape index (κ1) is 21.4. The van der Waals surface area contributed by atoms with E-state index in [0.29, 0.717) is 22.4 Å². The zero-order chi connectivity index (χ0) is 24.1. The van der Waals surface area contributed by atoms with Crippen molar-refractivity contribution in [3.63, 3.8) is 0 Å². The van der Waals surface area contributed by atoms with Crippen molar-refractivity contribution in [2.75, 3.05) is 6.79 Å². The van der Waals surface area contributed by atoms with E-state index in [2.05, 4.69) is 0 Å². The van der Waals surface area contributed by atoms with E-state index in [1.807, 2.05) is 61.5 Å². The maximum absolute atomic E-state index is 13.8. The van der Waals surface area contributed by atoms with Crippen molar-refractivity contribution < 1.29 is 19.0 Å². The molecule has 5 aromatic rings. The molecule has 2 aromatic heterocycles. The Morgan fingerprint density at radius 1 is 0.971 bits per heavy atom. The first-order chi connectivity index (χ1) is 17.0. The van der Waals surface area contributed by atoms with E-state index < -0.39 is 16.9 Å². The van der Waals surface area contributed by atoms with Gasteiger partial charge in [0.1, 0.15) is 10.3 Å².